The number of nitrogens with zero attached hydrogens (tertiary/aromatic N) is 1. The molecular formula is C13H20N2O3S. The van der Waals surface area contributed by atoms with Gasteiger partial charge in [-0.2, -0.15) is 0 Å². The topological polar surface area (TPSA) is 79.3 Å². The Kier molecular flexibility index (Phi) is 6.49. The van der Waals surface area contributed by atoms with Crippen LogP contribution in [0.15, 0.2) is 5.38 Å². The van der Waals surface area contributed by atoms with Gasteiger partial charge < -0.3 is 10.4 Å². The van der Waals surface area contributed by atoms with E-state index in [1.54, 1.807) is 11.3 Å². The molecule has 1 rings (SSSR count). The zero-order valence-corrected chi connectivity index (χ0v) is 12.1. The van der Waals surface area contributed by atoms with Crippen LogP contribution in [0.3, 0.4) is 0 Å². The summed E-state index contributed by atoms with van der Waals surface area (Å²) in [5.41, 5.74) is 1.000. The number of aliphatic carboxylic acids is 1. The smallest absolute Gasteiger partial charge is 0.303 e. The minimum Gasteiger partial charge on any atom is -0.481 e. The predicted molar refractivity (Wildman–Crippen MR) is 74.4 cm³/mol. The first-order valence-electron chi connectivity index (χ1n) is 6.42. The van der Waals surface area contributed by atoms with E-state index in [2.05, 4.69) is 24.1 Å². The number of nitrogens with one attached hydrogen (secondary N) is 1. The summed E-state index contributed by atoms with van der Waals surface area (Å²) in [5.74, 6) is -0.526. The summed E-state index contributed by atoms with van der Waals surface area (Å²) in [6.45, 7) is 4.76. The van der Waals surface area contributed by atoms with E-state index in [-0.39, 0.29) is 18.7 Å². The van der Waals surface area contributed by atoms with Crippen molar-refractivity contribution in [3.8, 4) is 0 Å². The number of hydrogen-bond acceptors (Lipinski definition) is 4. The van der Waals surface area contributed by atoms with Crippen LogP contribution < -0.4 is 5.32 Å². The highest BCUT2D eigenvalue weighted by molar-refractivity contribution is 7.09. The molecule has 106 valence electrons. The van der Waals surface area contributed by atoms with E-state index in [0.717, 1.165) is 10.7 Å². The lowest BCUT2D eigenvalue weighted by Gasteiger charge is -2.03. The summed E-state index contributed by atoms with van der Waals surface area (Å²) in [5, 5.41) is 14.4. The Morgan fingerprint density at radius 1 is 1.42 bits per heavy atom. The number of hydrogen-bond donors (Lipinski definition) is 2. The number of amides is 1. The molecule has 2 N–H and O–H groups in total. The Morgan fingerprint density at radius 2 is 2.16 bits per heavy atom. The lowest BCUT2D eigenvalue weighted by atomic mass is 10.2. The van der Waals surface area contributed by atoms with Crippen molar-refractivity contribution in [2.24, 2.45) is 0 Å². The van der Waals surface area contributed by atoms with E-state index in [9.17, 15) is 9.59 Å². The maximum absolute atomic E-state index is 11.4. The molecule has 19 heavy (non-hydrogen) atoms. The molecule has 1 aromatic heterocycles. The molecule has 0 unspecified atom stereocenters. The molecule has 0 aliphatic carbocycles. The number of carboxylic acid groups (broad SMARTS) is 1. The van der Waals surface area contributed by atoms with Gasteiger partial charge in [0.15, 0.2) is 0 Å². The van der Waals surface area contributed by atoms with Crippen molar-refractivity contribution >= 4 is 23.2 Å². The zero-order chi connectivity index (χ0) is 14.3. The largest absolute Gasteiger partial charge is 0.481 e. The average Bonchev–Trinajstić information content (AvgIpc) is 2.77. The van der Waals surface area contributed by atoms with Crippen molar-refractivity contribution in [1.82, 2.24) is 10.3 Å². The molecule has 1 amide bonds. The van der Waals surface area contributed by atoms with Gasteiger partial charge in [0.2, 0.25) is 5.91 Å². The van der Waals surface area contributed by atoms with Crippen LogP contribution in [0.1, 0.15) is 49.7 Å². The fraction of sp³-hybridized carbons (Fsp3) is 0.615. The van der Waals surface area contributed by atoms with Gasteiger partial charge in [0, 0.05) is 37.1 Å². The fourth-order valence-electron chi connectivity index (χ4n) is 1.52. The molecular weight excluding hydrogens is 264 g/mol. The van der Waals surface area contributed by atoms with Gasteiger partial charge in [-0.05, 0) is 6.42 Å². The van der Waals surface area contributed by atoms with Gasteiger partial charge in [-0.1, -0.05) is 13.8 Å². The number of carboxylic acids is 1. The third-order valence-corrected chi connectivity index (χ3v) is 3.76. The van der Waals surface area contributed by atoms with E-state index in [1.165, 1.54) is 0 Å². The van der Waals surface area contributed by atoms with Crippen molar-refractivity contribution in [2.75, 3.05) is 6.54 Å². The Morgan fingerprint density at radius 3 is 2.74 bits per heavy atom. The van der Waals surface area contributed by atoms with Crippen LogP contribution in [0.5, 0.6) is 0 Å². The van der Waals surface area contributed by atoms with E-state index < -0.39 is 5.97 Å². The second kappa shape index (κ2) is 7.89. The Labute approximate surface area is 117 Å². The second-order valence-electron chi connectivity index (χ2n) is 4.68. The first-order valence-corrected chi connectivity index (χ1v) is 7.29. The van der Waals surface area contributed by atoms with E-state index >= 15 is 0 Å². The molecule has 0 atom stereocenters. The highest BCUT2D eigenvalue weighted by atomic mass is 32.1. The van der Waals surface area contributed by atoms with Gasteiger partial charge in [0.25, 0.3) is 0 Å². The van der Waals surface area contributed by atoms with Gasteiger partial charge in [0.05, 0.1) is 10.7 Å². The first kappa shape index (κ1) is 15.6. The van der Waals surface area contributed by atoms with Crippen LogP contribution in [0.2, 0.25) is 0 Å². The predicted octanol–water partition coefficient (Wildman–Crippen LogP) is 2.18. The highest BCUT2D eigenvalue weighted by Gasteiger charge is 2.07. The molecule has 6 heteroatoms. The maximum atomic E-state index is 11.4. The molecule has 0 saturated carbocycles. The summed E-state index contributed by atoms with van der Waals surface area (Å²) < 4.78 is 0. The second-order valence-corrected chi connectivity index (χ2v) is 5.57. The molecule has 0 saturated heterocycles. The van der Waals surface area contributed by atoms with Crippen molar-refractivity contribution in [3.05, 3.63) is 16.1 Å². The summed E-state index contributed by atoms with van der Waals surface area (Å²) in [6, 6.07) is 0. The van der Waals surface area contributed by atoms with E-state index in [1.807, 2.05) is 5.38 Å². The Bertz CT molecular complexity index is 429. The summed E-state index contributed by atoms with van der Waals surface area (Å²) in [6.07, 6.45) is 1.40. The van der Waals surface area contributed by atoms with Gasteiger partial charge in [0.1, 0.15) is 0 Å². The quantitative estimate of drug-likeness (QED) is 0.767. The molecule has 0 aliphatic heterocycles. The third-order valence-electron chi connectivity index (χ3n) is 2.56. The summed E-state index contributed by atoms with van der Waals surface area (Å²) >= 11 is 1.64. The number of rotatable bonds is 8. The van der Waals surface area contributed by atoms with Crippen LogP contribution in [-0.2, 0) is 16.0 Å². The van der Waals surface area contributed by atoms with Crippen molar-refractivity contribution < 1.29 is 14.7 Å². The number of thiazole rings is 1. The Hall–Kier alpha value is -1.43. The molecule has 0 radical (unpaired) electrons. The van der Waals surface area contributed by atoms with E-state index in [0.29, 0.717) is 25.3 Å². The lowest BCUT2D eigenvalue weighted by molar-refractivity contribution is -0.137. The van der Waals surface area contributed by atoms with Crippen molar-refractivity contribution in [2.45, 2.75) is 45.4 Å². The zero-order valence-electron chi connectivity index (χ0n) is 11.3. The average molecular weight is 284 g/mol. The molecule has 5 nitrogen and oxygen atoms in total. The summed E-state index contributed by atoms with van der Waals surface area (Å²) in [4.78, 5) is 26.2. The molecule has 0 spiro atoms. The fourth-order valence-corrected chi connectivity index (χ4v) is 2.39. The Balaban J connectivity index is 2.18. The number of carbonyl (C=O) groups excluding carboxylic acids is 1. The molecule has 0 aliphatic rings. The first-order chi connectivity index (χ1) is 8.99. The third kappa shape index (κ3) is 6.33. The minimum atomic E-state index is -0.864. The van der Waals surface area contributed by atoms with Gasteiger partial charge in [-0.25, -0.2) is 4.98 Å². The normalized spacial score (nSPS) is 10.7. The summed E-state index contributed by atoms with van der Waals surface area (Å²) in [7, 11) is 0. The van der Waals surface area contributed by atoms with Gasteiger partial charge >= 0.3 is 5.97 Å². The minimum absolute atomic E-state index is 0.0389. The standard InChI is InChI=1S/C13H20N2O3S/c1-9(2)13-15-10(8-19-13)6-7-14-11(16)4-3-5-12(17)18/h8-9H,3-7H2,1-2H3,(H,14,16)(H,17,18). The molecule has 1 aromatic rings. The SMILES string of the molecule is CC(C)c1nc(CCNC(=O)CCCC(=O)O)cs1. The van der Waals surface area contributed by atoms with Crippen molar-refractivity contribution in [3.63, 3.8) is 0 Å². The lowest BCUT2D eigenvalue weighted by Crippen LogP contribution is -2.25. The van der Waals surface area contributed by atoms with Crippen LogP contribution in [0.25, 0.3) is 0 Å². The van der Waals surface area contributed by atoms with Gasteiger partial charge in [-0.15, -0.1) is 11.3 Å². The maximum Gasteiger partial charge on any atom is 0.303 e. The number of carbonyl (C=O) groups is 2. The molecule has 0 fully saturated rings. The van der Waals surface area contributed by atoms with Crippen molar-refractivity contribution in [1.29, 1.82) is 0 Å². The van der Waals surface area contributed by atoms with Crippen LogP contribution >= 0.6 is 11.3 Å². The monoisotopic (exact) mass is 284 g/mol. The van der Waals surface area contributed by atoms with Crippen LogP contribution in [0, 0.1) is 0 Å². The number of aromatic nitrogens is 1. The molecule has 0 bridgehead atoms. The van der Waals surface area contributed by atoms with Crippen LogP contribution in [0.4, 0.5) is 0 Å². The molecule has 0 aromatic carbocycles. The highest BCUT2D eigenvalue weighted by Crippen LogP contribution is 2.19. The van der Waals surface area contributed by atoms with Gasteiger partial charge in [-0.3, -0.25) is 9.59 Å². The van der Waals surface area contributed by atoms with E-state index in [4.69, 9.17) is 5.11 Å². The molecule has 1 heterocycles. The van der Waals surface area contributed by atoms with Crippen LogP contribution in [-0.4, -0.2) is 28.5 Å².